The van der Waals surface area contributed by atoms with Crippen molar-refractivity contribution in [1.82, 2.24) is 4.58 Å². The highest BCUT2D eigenvalue weighted by atomic mass is 16.5. The number of hydrogen-bond donors (Lipinski definition) is 0. The lowest BCUT2D eigenvalue weighted by Gasteiger charge is -2.47. The number of nitrogens with zero attached hydrogens (tertiary/aromatic N) is 3. The Balaban J connectivity index is 1.71. The van der Waals surface area contributed by atoms with Gasteiger partial charge in [-0.15, -0.1) is 0 Å². The maximum atomic E-state index is 6.56. The highest BCUT2D eigenvalue weighted by Gasteiger charge is 2.39. The lowest BCUT2D eigenvalue weighted by atomic mass is 9.80. The third kappa shape index (κ3) is 3.09. The van der Waals surface area contributed by atoms with Crippen LogP contribution in [0.5, 0.6) is 11.5 Å². The molecule has 0 amide bonds. The Kier molecular flexibility index (Phi) is 4.75. The first-order valence-electron chi connectivity index (χ1n) is 12.4. The quantitative estimate of drug-likeness (QED) is 0.489. The van der Waals surface area contributed by atoms with Crippen LogP contribution in [0.25, 0.3) is 0 Å². The van der Waals surface area contributed by atoms with Crippen LogP contribution in [-0.2, 0) is 0 Å². The van der Waals surface area contributed by atoms with Gasteiger partial charge in [-0.3, -0.25) is 0 Å². The monoisotopic (exact) mass is 432 g/mol. The second-order valence-electron chi connectivity index (χ2n) is 11.3. The van der Waals surface area contributed by atoms with E-state index in [9.17, 15) is 0 Å². The van der Waals surface area contributed by atoms with E-state index in [0.717, 1.165) is 48.5 Å². The molecule has 170 valence electrons. The molecule has 0 bridgehead atoms. The van der Waals surface area contributed by atoms with Gasteiger partial charge in [0.05, 0.1) is 6.07 Å². The zero-order valence-corrected chi connectivity index (χ0v) is 21.0. The van der Waals surface area contributed by atoms with Crippen molar-refractivity contribution in [3.05, 3.63) is 46.1 Å². The molecule has 5 rings (SSSR count). The van der Waals surface area contributed by atoms with Gasteiger partial charge in [-0.05, 0) is 77.5 Å². The summed E-state index contributed by atoms with van der Waals surface area (Å²) in [5.74, 6) is 2.78. The van der Waals surface area contributed by atoms with E-state index in [0.29, 0.717) is 11.8 Å². The second-order valence-corrected chi connectivity index (χ2v) is 11.3. The molecule has 2 atom stereocenters. The predicted molar refractivity (Wildman–Crippen MR) is 132 cm³/mol. The Morgan fingerprint density at radius 3 is 2.38 bits per heavy atom. The molecule has 2 unspecified atom stereocenters. The van der Waals surface area contributed by atoms with Gasteiger partial charge in [0.15, 0.2) is 17.0 Å². The molecule has 2 aromatic rings. The first-order chi connectivity index (χ1) is 15.1. The Labute approximate surface area is 192 Å². The lowest BCUT2D eigenvalue weighted by Crippen LogP contribution is -2.52. The first kappa shape index (κ1) is 21.5. The number of benzene rings is 2. The number of anilines is 1. The van der Waals surface area contributed by atoms with Crippen molar-refractivity contribution in [2.24, 2.45) is 4.99 Å². The summed E-state index contributed by atoms with van der Waals surface area (Å²) in [6, 6.07) is 9.03. The summed E-state index contributed by atoms with van der Waals surface area (Å²) in [7, 11) is 0. The molecular weight excluding hydrogens is 394 g/mol. The van der Waals surface area contributed by atoms with E-state index in [4.69, 9.17) is 9.73 Å². The third-order valence-corrected chi connectivity index (χ3v) is 8.03. The summed E-state index contributed by atoms with van der Waals surface area (Å²) in [5, 5.41) is 2.27. The van der Waals surface area contributed by atoms with Crippen molar-refractivity contribution in [2.45, 2.75) is 91.1 Å². The van der Waals surface area contributed by atoms with Crippen LogP contribution < -0.4 is 24.9 Å². The maximum Gasteiger partial charge on any atom is 0.207 e. The van der Waals surface area contributed by atoms with Crippen molar-refractivity contribution < 1.29 is 4.74 Å². The van der Waals surface area contributed by atoms with Gasteiger partial charge in [0.1, 0.15) is 17.6 Å². The average molecular weight is 433 g/mol. The first-order valence-corrected chi connectivity index (χ1v) is 12.4. The molecule has 32 heavy (non-hydrogen) atoms. The van der Waals surface area contributed by atoms with E-state index in [1.54, 1.807) is 0 Å². The summed E-state index contributed by atoms with van der Waals surface area (Å²) >= 11 is 0. The number of hydrogen-bond acceptors (Lipinski definition) is 3. The lowest BCUT2D eigenvalue weighted by molar-refractivity contribution is 0.272. The predicted octanol–water partition coefficient (Wildman–Crippen LogP) is 5.65. The Morgan fingerprint density at radius 1 is 0.969 bits per heavy atom. The van der Waals surface area contributed by atoms with Gasteiger partial charge in [0.2, 0.25) is 5.36 Å². The van der Waals surface area contributed by atoms with Crippen LogP contribution in [-0.4, -0.2) is 24.2 Å². The number of ether oxygens (including phenoxy) is 1. The van der Waals surface area contributed by atoms with Crippen molar-refractivity contribution in [3.63, 3.8) is 0 Å². The van der Waals surface area contributed by atoms with Crippen LogP contribution in [0, 0.1) is 0 Å². The SMILES string of the molecule is CCN1c2cc3c(cc2C(C)CC1(C)C)N=c1cc2c(cc1O3)=[N+](CC)C(C)(C)CC2C. The number of rotatable bonds is 2. The second kappa shape index (κ2) is 7.07. The van der Waals surface area contributed by atoms with Gasteiger partial charge >= 0.3 is 0 Å². The molecule has 0 spiro atoms. The maximum absolute atomic E-state index is 6.56. The van der Waals surface area contributed by atoms with Crippen LogP contribution >= 0.6 is 0 Å². The van der Waals surface area contributed by atoms with Crippen LogP contribution in [0.15, 0.2) is 29.3 Å². The summed E-state index contributed by atoms with van der Waals surface area (Å²) in [6.45, 7) is 20.6. The summed E-state index contributed by atoms with van der Waals surface area (Å²) in [5.41, 5.74) is 5.34. The van der Waals surface area contributed by atoms with E-state index in [2.05, 4.69) is 89.1 Å². The van der Waals surface area contributed by atoms with Gasteiger partial charge in [0.25, 0.3) is 0 Å². The Morgan fingerprint density at radius 2 is 1.69 bits per heavy atom. The van der Waals surface area contributed by atoms with Crippen molar-refractivity contribution >= 4 is 11.4 Å². The van der Waals surface area contributed by atoms with E-state index in [1.807, 2.05) is 0 Å². The van der Waals surface area contributed by atoms with Crippen LogP contribution in [0.4, 0.5) is 11.4 Å². The van der Waals surface area contributed by atoms with Gasteiger partial charge < -0.3 is 9.64 Å². The zero-order valence-electron chi connectivity index (χ0n) is 21.0. The fourth-order valence-electron chi connectivity index (χ4n) is 6.78. The Bertz CT molecular complexity index is 1220. The van der Waals surface area contributed by atoms with Gasteiger partial charge in [0, 0.05) is 35.8 Å². The van der Waals surface area contributed by atoms with Crippen LogP contribution in [0.3, 0.4) is 0 Å². The van der Waals surface area contributed by atoms with Crippen LogP contribution in [0.2, 0.25) is 0 Å². The minimum Gasteiger partial charge on any atom is -0.452 e. The molecule has 3 heterocycles. The summed E-state index contributed by atoms with van der Waals surface area (Å²) in [6.07, 6.45) is 2.30. The molecule has 0 N–H and O–H groups in total. The summed E-state index contributed by atoms with van der Waals surface area (Å²) < 4.78 is 9.08. The fourth-order valence-corrected chi connectivity index (χ4v) is 6.78. The minimum absolute atomic E-state index is 0.140. The number of fused-ring (bicyclic) bond motifs is 4. The molecule has 0 saturated heterocycles. The summed E-state index contributed by atoms with van der Waals surface area (Å²) in [4.78, 5) is 7.63. The molecule has 3 aliphatic rings. The van der Waals surface area contributed by atoms with E-state index < -0.39 is 0 Å². The molecule has 0 saturated carbocycles. The van der Waals surface area contributed by atoms with Gasteiger partial charge in [-0.2, -0.15) is 0 Å². The Hall–Kier alpha value is -2.36. The molecule has 2 aromatic carbocycles. The van der Waals surface area contributed by atoms with E-state index >= 15 is 0 Å². The van der Waals surface area contributed by atoms with E-state index in [1.165, 1.54) is 22.2 Å². The highest BCUT2D eigenvalue weighted by molar-refractivity contribution is 5.71. The zero-order chi connectivity index (χ0) is 23.0. The van der Waals surface area contributed by atoms with E-state index in [-0.39, 0.29) is 11.1 Å². The average Bonchev–Trinajstić information content (AvgIpc) is 2.69. The van der Waals surface area contributed by atoms with Crippen molar-refractivity contribution in [1.29, 1.82) is 0 Å². The normalized spacial score (nSPS) is 24.5. The topological polar surface area (TPSA) is 27.8 Å². The van der Waals surface area contributed by atoms with Crippen molar-refractivity contribution in [2.75, 3.05) is 18.0 Å². The standard InChI is InChI=1S/C28H38N3O/c1-9-30-23-13-25-21(11-19(23)17(3)15-27(30,5)6)29-22-12-20-18(4)16-28(7,8)31(10-2)24(20)14-26(22)32-25/h11-14,17-18H,9-10,15-16H2,1-8H3/q+1. The fraction of sp³-hybridized carbons (Fsp3) is 0.571. The molecule has 0 fully saturated rings. The highest BCUT2D eigenvalue weighted by Crippen LogP contribution is 2.48. The van der Waals surface area contributed by atoms with Gasteiger partial charge in [-0.1, -0.05) is 13.8 Å². The van der Waals surface area contributed by atoms with Crippen molar-refractivity contribution in [3.8, 4) is 11.5 Å². The minimum atomic E-state index is 0.140. The molecule has 0 radical (unpaired) electrons. The molecule has 4 heteroatoms. The van der Waals surface area contributed by atoms with Gasteiger partial charge in [-0.25, -0.2) is 9.57 Å². The largest absolute Gasteiger partial charge is 0.452 e. The molecule has 3 aliphatic heterocycles. The molecule has 0 aliphatic carbocycles. The molecule has 4 nitrogen and oxygen atoms in total. The molecule has 0 aromatic heterocycles. The third-order valence-electron chi connectivity index (χ3n) is 8.03. The molecular formula is C28H38N3O+. The smallest absolute Gasteiger partial charge is 0.207 e. The van der Waals surface area contributed by atoms with Crippen LogP contribution in [0.1, 0.15) is 91.2 Å².